The fourth-order valence-corrected chi connectivity index (χ4v) is 3.52. The van der Waals surface area contributed by atoms with Crippen molar-refractivity contribution >= 4 is 0 Å². The van der Waals surface area contributed by atoms with E-state index in [2.05, 4.69) is 37.1 Å². The van der Waals surface area contributed by atoms with Gasteiger partial charge in [0.2, 0.25) is 0 Å². The molecule has 2 heterocycles. The number of rotatable bonds is 1. The van der Waals surface area contributed by atoms with Crippen LogP contribution in [0.1, 0.15) is 63.9 Å². The summed E-state index contributed by atoms with van der Waals surface area (Å²) in [5.41, 5.74) is 1.94. The van der Waals surface area contributed by atoms with Crippen LogP contribution in [0.15, 0.2) is 12.3 Å². The van der Waals surface area contributed by atoms with E-state index in [0.717, 1.165) is 5.82 Å². The van der Waals surface area contributed by atoms with Crippen molar-refractivity contribution in [2.75, 3.05) is 13.1 Å². The zero-order valence-corrected chi connectivity index (χ0v) is 12.4. The summed E-state index contributed by atoms with van der Waals surface area (Å²) in [6.07, 6.45) is 7.29. The van der Waals surface area contributed by atoms with Crippen molar-refractivity contribution in [1.29, 1.82) is 0 Å². The maximum absolute atomic E-state index is 4.82. The van der Waals surface area contributed by atoms with E-state index in [1.165, 1.54) is 44.5 Å². The van der Waals surface area contributed by atoms with Crippen LogP contribution in [-0.4, -0.2) is 23.1 Å². The van der Waals surface area contributed by atoms with Crippen LogP contribution < -0.4 is 5.32 Å². The molecular formula is C16H25N3. The molecule has 3 heteroatoms. The van der Waals surface area contributed by atoms with Crippen LogP contribution in [0.2, 0.25) is 0 Å². The van der Waals surface area contributed by atoms with Crippen LogP contribution in [0.3, 0.4) is 0 Å². The number of hydrogen-bond donors (Lipinski definition) is 1. The quantitative estimate of drug-likeness (QED) is 0.842. The first kappa shape index (κ1) is 13.0. The zero-order chi connectivity index (χ0) is 13.5. The lowest BCUT2D eigenvalue weighted by atomic mass is 9.57. The lowest BCUT2D eigenvalue weighted by molar-refractivity contribution is 0.0584. The molecule has 1 spiro atoms. The van der Waals surface area contributed by atoms with Crippen molar-refractivity contribution < 1.29 is 0 Å². The molecule has 2 aliphatic rings. The maximum atomic E-state index is 4.82. The van der Waals surface area contributed by atoms with Crippen LogP contribution >= 0.6 is 0 Å². The molecule has 104 valence electrons. The van der Waals surface area contributed by atoms with E-state index in [0.29, 0.717) is 11.3 Å². The maximum Gasteiger partial charge on any atom is 0.133 e. The Labute approximate surface area is 116 Å². The van der Waals surface area contributed by atoms with Gasteiger partial charge in [-0.05, 0) is 50.3 Å². The Balaban J connectivity index is 1.71. The third-order valence-electron chi connectivity index (χ3n) is 4.79. The van der Waals surface area contributed by atoms with Gasteiger partial charge in [0, 0.05) is 23.2 Å². The topological polar surface area (TPSA) is 37.8 Å². The summed E-state index contributed by atoms with van der Waals surface area (Å²) in [6, 6.07) is 2.12. The van der Waals surface area contributed by atoms with Crippen molar-refractivity contribution in [3.8, 4) is 0 Å². The first-order valence-electron chi connectivity index (χ1n) is 7.53. The molecule has 1 aliphatic carbocycles. The molecule has 1 saturated heterocycles. The van der Waals surface area contributed by atoms with Gasteiger partial charge in [-0.1, -0.05) is 20.8 Å². The number of aromatic nitrogens is 2. The molecule has 19 heavy (non-hydrogen) atoms. The molecule has 0 aromatic carbocycles. The Bertz CT molecular complexity index is 447. The van der Waals surface area contributed by atoms with Crippen LogP contribution in [0.5, 0.6) is 0 Å². The summed E-state index contributed by atoms with van der Waals surface area (Å²) in [6.45, 7) is 8.94. The van der Waals surface area contributed by atoms with Gasteiger partial charge in [0.1, 0.15) is 5.82 Å². The van der Waals surface area contributed by atoms with Gasteiger partial charge in [-0.3, -0.25) is 0 Å². The number of piperidine rings is 1. The highest BCUT2D eigenvalue weighted by Crippen LogP contribution is 2.55. The predicted octanol–water partition coefficient (Wildman–Crippen LogP) is 3.02. The van der Waals surface area contributed by atoms with E-state index in [1.807, 2.05) is 6.20 Å². The minimum absolute atomic E-state index is 0.0478. The summed E-state index contributed by atoms with van der Waals surface area (Å²) in [4.78, 5) is 9.25. The van der Waals surface area contributed by atoms with Gasteiger partial charge in [-0.25, -0.2) is 9.97 Å². The van der Waals surface area contributed by atoms with Crippen molar-refractivity contribution in [1.82, 2.24) is 15.3 Å². The van der Waals surface area contributed by atoms with Crippen LogP contribution in [-0.2, 0) is 5.41 Å². The molecule has 0 radical (unpaired) electrons. The smallest absolute Gasteiger partial charge is 0.133 e. The van der Waals surface area contributed by atoms with Crippen LogP contribution in [0.4, 0.5) is 0 Å². The molecule has 1 aromatic heterocycles. The molecule has 0 atom stereocenters. The average Bonchev–Trinajstić information content (AvgIpc) is 2.36. The largest absolute Gasteiger partial charge is 0.317 e. The minimum atomic E-state index is 0.0478. The van der Waals surface area contributed by atoms with E-state index in [1.54, 1.807) is 0 Å². The molecule has 1 N–H and O–H groups in total. The normalized spacial score (nSPS) is 23.3. The van der Waals surface area contributed by atoms with E-state index >= 15 is 0 Å². The average molecular weight is 259 g/mol. The molecule has 2 fully saturated rings. The number of hydrogen-bond acceptors (Lipinski definition) is 3. The van der Waals surface area contributed by atoms with Crippen molar-refractivity contribution in [2.24, 2.45) is 5.41 Å². The Morgan fingerprint density at radius 1 is 1.21 bits per heavy atom. The van der Waals surface area contributed by atoms with Crippen molar-refractivity contribution in [3.63, 3.8) is 0 Å². The molecular weight excluding hydrogens is 234 g/mol. The first-order valence-corrected chi connectivity index (χ1v) is 7.53. The van der Waals surface area contributed by atoms with E-state index < -0.39 is 0 Å². The Hall–Kier alpha value is -0.960. The summed E-state index contributed by atoms with van der Waals surface area (Å²) in [5, 5.41) is 3.47. The van der Waals surface area contributed by atoms with Gasteiger partial charge < -0.3 is 5.32 Å². The monoisotopic (exact) mass is 259 g/mol. The second-order valence-corrected chi connectivity index (χ2v) is 7.41. The molecule has 3 rings (SSSR count). The predicted molar refractivity (Wildman–Crippen MR) is 77.2 cm³/mol. The van der Waals surface area contributed by atoms with Gasteiger partial charge in [0.25, 0.3) is 0 Å². The van der Waals surface area contributed by atoms with Crippen LogP contribution in [0, 0.1) is 5.41 Å². The second kappa shape index (κ2) is 4.55. The lowest BCUT2D eigenvalue weighted by Crippen LogP contribution is -2.44. The molecule has 0 bridgehead atoms. The lowest BCUT2D eigenvalue weighted by Gasteiger charge is -2.50. The summed E-state index contributed by atoms with van der Waals surface area (Å²) in [5.74, 6) is 1.65. The summed E-state index contributed by atoms with van der Waals surface area (Å²) < 4.78 is 0. The molecule has 1 saturated carbocycles. The highest BCUT2D eigenvalue weighted by atomic mass is 14.9. The highest BCUT2D eigenvalue weighted by molar-refractivity contribution is 5.18. The standard InChI is InChI=1S/C16H25N3/c1-15(2,3)14-18-7-4-13(19-14)12-10-16(11-12)5-8-17-9-6-16/h4,7,12,17H,5-6,8-11H2,1-3H3. The van der Waals surface area contributed by atoms with E-state index in [4.69, 9.17) is 4.98 Å². The molecule has 1 aromatic rings. The highest BCUT2D eigenvalue weighted by Gasteiger charge is 2.45. The summed E-state index contributed by atoms with van der Waals surface area (Å²) >= 11 is 0. The Morgan fingerprint density at radius 3 is 2.53 bits per heavy atom. The Morgan fingerprint density at radius 2 is 1.89 bits per heavy atom. The SMILES string of the molecule is CC(C)(C)c1nccc(C2CC3(CCNCC3)C2)n1. The van der Waals surface area contributed by atoms with Crippen molar-refractivity contribution in [2.45, 2.75) is 57.8 Å². The number of nitrogens with zero attached hydrogens (tertiary/aromatic N) is 2. The third-order valence-corrected chi connectivity index (χ3v) is 4.79. The molecule has 3 nitrogen and oxygen atoms in total. The van der Waals surface area contributed by atoms with Crippen molar-refractivity contribution in [3.05, 3.63) is 23.8 Å². The number of nitrogens with one attached hydrogen (secondary N) is 1. The molecule has 0 amide bonds. The molecule has 1 aliphatic heterocycles. The van der Waals surface area contributed by atoms with Gasteiger partial charge in [-0.2, -0.15) is 0 Å². The fraction of sp³-hybridized carbons (Fsp3) is 0.750. The van der Waals surface area contributed by atoms with Crippen LogP contribution in [0.25, 0.3) is 0 Å². The van der Waals surface area contributed by atoms with Gasteiger partial charge >= 0.3 is 0 Å². The second-order valence-electron chi connectivity index (χ2n) is 7.41. The minimum Gasteiger partial charge on any atom is -0.317 e. The van der Waals surface area contributed by atoms with Gasteiger partial charge in [0.05, 0.1) is 0 Å². The zero-order valence-electron chi connectivity index (χ0n) is 12.4. The third kappa shape index (κ3) is 2.53. The van der Waals surface area contributed by atoms with E-state index in [9.17, 15) is 0 Å². The van der Waals surface area contributed by atoms with Gasteiger partial charge in [-0.15, -0.1) is 0 Å². The first-order chi connectivity index (χ1) is 8.99. The van der Waals surface area contributed by atoms with E-state index in [-0.39, 0.29) is 5.41 Å². The molecule has 0 unspecified atom stereocenters. The van der Waals surface area contributed by atoms with Gasteiger partial charge in [0.15, 0.2) is 0 Å². The summed E-state index contributed by atoms with van der Waals surface area (Å²) in [7, 11) is 0. The fourth-order valence-electron chi connectivity index (χ4n) is 3.52. The Kier molecular flexibility index (Phi) is 3.12.